The molecule has 0 unspecified atom stereocenters. The maximum Gasteiger partial charge on any atom is 0.0644 e. The van der Waals surface area contributed by atoms with Crippen molar-refractivity contribution >= 4 is 0 Å². The molecule has 1 N–H and O–H groups in total. The molecular formula is C6H12O2. The predicted octanol–water partition coefficient (Wildman–Crippen LogP) is 0.404. The van der Waals surface area contributed by atoms with Gasteiger partial charge in [0, 0.05) is 5.92 Å². The van der Waals surface area contributed by atoms with E-state index in [9.17, 15) is 0 Å². The van der Waals surface area contributed by atoms with Crippen molar-refractivity contribution in [3.05, 3.63) is 0 Å². The first kappa shape index (κ1) is 6.05. The third kappa shape index (κ3) is 0.858. The standard InChI is InChI=1S/C6H12O2/c1-2-6-5(3-7)4-8-6/h5-7H,2-4H2,1H3/t5-,6+/m0/s1. The fourth-order valence-electron chi connectivity index (χ4n) is 0.990. The summed E-state index contributed by atoms with van der Waals surface area (Å²) in [5, 5.41) is 8.61. The van der Waals surface area contributed by atoms with Gasteiger partial charge in [-0.15, -0.1) is 0 Å². The topological polar surface area (TPSA) is 29.5 Å². The minimum atomic E-state index is 0.290. The van der Waals surface area contributed by atoms with Crippen LogP contribution in [-0.4, -0.2) is 24.4 Å². The van der Waals surface area contributed by atoms with Crippen LogP contribution in [-0.2, 0) is 4.74 Å². The molecule has 0 amide bonds. The van der Waals surface area contributed by atoms with Crippen molar-refractivity contribution in [2.24, 2.45) is 5.92 Å². The number of aliphatic hydroxyl groups is 1. The van der Waals surface area contributed by atoms with Crippen LogP contribution in [0.25, 0.3) is 0 Å². The molecular weight excluding hydrogens is 104 g/mol. The van der Waals surface area contributed by atoms with E-state index in [0.29, 0.717) is 18.6 Å². The van der Waals surface area contributed by atoms with Gasteiger partial charge in [0.25, 0.3) is 0 Å². The highest BCUT2D eigenvalue weighted by atomic mass is 16.5. The molecule has 2 atom stereocenters. The Hall–Kier alpha value is -0.0800. The molecule has 1 rings (SSSR count). The highest BCUT2D eigenvalue weighted by Gasteiger charge is 2.29. The van der Waals surface area contributed by atoms with Gasteiger partial charge in [-0.2, -0.15) is 0 Å². The smallest absolute Gasteiger partial charge is 0.0644 e. The fourth-order valence-corrected chi connectivity index (χ4v) is 0.990. The molecule has 8 heavy (non-hydrogen) atoms. The molecule has 0 aromatic rings. The Kier molecular flexibility index (Phi) is 1.86. The number of hydrogen-bond donors (Lipinski definition) is 1. The van der Waals surface area contributed by atoms with Crippen molar-refractivity contribution in [2.75, 3.05) is 13.2 Å². The summed E-state index contributed by atoms with van der Waals surface area (Å²) < 4.78 is 5.12. The molecule has 2 nitrogen and oxygen atoms in total. The quantitative estimate of drug-likeness (QED) is 0.566. The van der Waals surface area contributed by atoms with Crippen molar-refractivity contribution in [3.8, 4) is 0 Å². The molecule has 0 aliphatic carbocycles. The van der Waals surface area contributed by atoms with Crippen LogP contribution >= 0.6 is 0 Å². The molecule has 0 saturated carbocycles. The van der Waals surface area contributed by atoms with Gasteiger partial charge >= 0.3 is 0 Å². The van der Waals surface area contributed by atoms with Gasteiger partial charge in [-0.1, -0.05) is 6.92 Å². The molecule has 1 saturated heterocycles. The molecule has 0 spiro atoms. The first-order chi connectivity index (χ1) is 3.88. The minimum absolute atomic E-state index is 0.290. The van der Waals surface area contributed by atoms with Crippen molar-refractivity contribution < 1.29 is 9.84 Å². The van der Waals surface area contributed by atoms with Gasteiger partial charge in [-0.25, -0.2) is 0 Å². The van der Waals surface area contributed by atoms with Crippen LogP contribution in [0, 0.1) is 5.92 Å². The average molecular weight is 116 g/mol. The van der Waals surface area contributed by atoms with Crippen LogP contribution in [0.4, 0.5) is 0 Å². The van der Waals surface area contributed by atoms with Crippen LogP contribution in [0.5, 0.6) is 0 Å². The zero-order valence-corrected chi connectivity index (χ0v) is 5.13. The van der Waals surface area contributed by atoms with Crippen molar-refractivity contribution in [3.63, 3.8) is 0 Å². The van der Waals surface area contributed by atoms with E-state index < -0.39 is 0 Å². The number of hydrogen-bond acceptors (Lipinski definition) is 2. The first-order valence-electron chi connectivity index (χ1n) is 3.11. The van der Waals surface area contributed by atoms with Crippen LogP contribution in [0.3, 0.4) is 0 Å². The Morgan fingerprint density at radius 2 is 2.50 bits per heavy atom. The molecule has 1 heterocycles. The van der Waals surface area contributed by atoms with Crippen molar-refractivity contribution in [1.29, 1.82) is 0 Å². The van der Waals surface area contributed by atoms with Crippen LogP contribution in [0.15, 0.2) is 0 Å². The summed E-state index contributed by atoms with van der Waals surface area (Å²) in [5.41, 5.74) is 0. The summed E-state index contributed by atoms with van der Waals surface area (Å²) in [4.78, 5) is 0. The van der Waals surface area contributed by atoms with Gasteiger partial charge in [0.1, 0.15) is 0 Å². The lowest BCUT2D eigenvalue weighted by atomic mass is 9.97. The normalized spacial score (nSPS) is 36.8. The Labute approximate surface area is 49.5 Å². The second kappa shape index (κ2) is 2.46. The lowest BCUT2D eigenvalue weighted by Crippen LogP contribution is -2.41. The van der Waals surface area contributed by atoms with E-state index in [2.05, 4.69) is 6.92 Å². The van der Waals surface area contributed by atoms with E-state index in [1.165, 1.54) is 0 Å². The van der Waals surface area contributed by atoms with E-state index in [1.54, 1.807) is 0 Å². The van der Waals surface area contributed by atoms with Gasteiger partial charge in [-0.05, 0) is 6.42 Å². The summed E-state index contributed by atoms with van der Waals surface area (Å²) in [5.74, 6) is 0.431. The number of ether oxygens (including phenoxy) is 1. The first-order valence-corrected chi connectivity index (χ1v) is 3.11. The third-order valence-corrected chi connectivity index (χ3v) is 1.69. The molecule has 1 aliphatic rings. The molecule has 0 bridgehead atoms. The van der Waals surface area contributed by atoms with Crippen LogP contribution in [0.2, 0.25) is 0 Å². The SMILES string of the molecule is CC[C@H]1OC[C@@H]1CO. The van der Waals surface area contributed by atoms with E-state index in [0.717, 1.165) is 13.0 Å². The van der Waals surface area contributed by atoms with Gasteiger partial charge in [0.15, 0.2) is 0 Å². The van der Waals surface area contributed by atoms with Crippen molar-refractivity contribution in [2.45, 2.75) is 19.4 Å². The largest absolute Gasteiger partial charge is 0.396 e. The lowest BCUT2D eigenvalue weighted by Gasteiger charge is -2.34. The minimum Gasteiger partial charge on any atom is -0.396 e. The zero-order chi connectivity index (χ0) is 5.98. The maximum absolute atomic E-state index is 8.61. The summed E-state index contributed by atoms with van der Waals surface area (Å²) in [6.07, 6.45) is 1.38. The van der Waals surface area contributed by atoms with E-state index in [-0.39, 0.29) is 0 Å². The molecule has 0 radical (unpaired) electrons. The molecule has 0 aromatic carbocycles. The fraction of sp³-hybridized carbons (Fsp3) is 1.00. The van der Waals surface area contributed by atoms with Gasteiger partial charge in [0.2, 0.25) is 0 Å². The Bertz CT molecular complexity index is 58.9. The molecule has 1 fully saturated rings. The van der Waals surface area contributed by atoms with E-state index in [1.807, 2.05) is 0 Å². The Morgan fingerprint density at radius 1 is 1.75 bits per heavy atom. The third-order valence-electron chi connectivity index (χ3n) is 1.69. The molecule has 0 aromatic heterocycles. The summed E-state index contributed by atoms with van der Waals surface area (Å²) >= 11 is 0. The molecule has 2 heteroatoms. The van der Waals surface area contributed by atoms with E-state index in [4.69, 9.17) is 9.84 Å². The van der Waals surface area contributed by atoms with Crippen LogP contribution in [0.1, 0.15) is 13.3 Å². The summed E-state index contributed by atoms with van der Waals surface area (Å²) in [6, 6.07) is 0. The molecule has 48 valence electrons. The second-order valence-electron chi connectivity index (χ2n) is 2.22. The monoisotopic (exact) mass is 116 g/mol. The zero-order valence-electron chi connectivity index (χ0n) is 5.13. The lowest BCUT2D eigenvalue weighted by molar-refractivity contribution is -0.131. The molecule has 1 aliphatic heterocycles. The van der Waals surface area contributed by atoms with Crippen molar-refractivity contribution in [1.82, 2.24) is 0 Å². The number of rotatable bonds is 2. The van der Waals surface area contributed by atoms with Crippen LogP contribution < -0.4 is 0 Å². The summed E-state index contributed by atoms with van der Waals surface area (Å²) in [7, 11) is 0. The highest BCUT2D eigenvalue weighted by Crippen LogP contribution is 2.21. The van der Waals surface area contributed by atoms with E-state index >= 15 is 0 Å². The Balaban J connectivity index is 2.16. The average Bonchev–Trinajstić information content (AvgIpc) is 1.66. The van der Waals surface area contributed by atoms with Gasteiger partial charge in [-0.3, -0.25) is 0 Å². The maximum atomic E-state index is 8.61. The summed E-state index contributed by atoms with van der Waals surface area (Å²) in [6.45, 7) is 3.13. The number of aliphatic hydroxyl groups excluding tert-OH is 1. The highest BCUT2D eigenvalue weighted by molar-refractivity contribution is 4.75. The van der Waals surface area contributed by atoms with Gasteiger partial charge < -0.3 is 9.84 Å². The predicted molar refractivity (Wildman–Crippen MR) is 30.6 cm³/mol. The Morgan fingerprint density at radius 3 is 2.62 bits per heavy atom. The second-order valence-corrected chi connectivity index (χ2v) is 2.22. The van der Waals surface area contributed by atoms with Gasteiger partial charge in [0.05, 0.1) is 19.3 Å².